The van der Waals surface area contributed by atoms with Crippen LogP contribution in [0.1, 0.15) is 48.0 Å². The van der Waals surface area contributed by atoms with E-state index in [1.54, 1.807) is 0 Å². The normalized spacial score (nSPS) is 27.1. The SMILES string of the molecule is O=C1Cc2c(c(F)cc3c2N(C2CC2)CC(C(=O)O)C3=O)N2CCCC2C1. The van der Waals surface area contributed by atoms with E-state index in [0.29, 0.717) is 29.9 Å². The van der Waals surface area contributed by atoms with E-state index in [2.05, 4.69) is 0 Å². The third kappa shape index (κ3) is 2.47. The van der Waals surface area contributed by atoms with Gasteiger partial charge in [0.05, 0.1) is 11.4 Å². The number of carboxylic acids is 1. The number of ketones is 2. The molecule has 1 saturated carbocycles. The summed E-state index contributed by atoms with van der Waals surface area (Å²) in [5.41, 5.74) is 1.78. The molecule has 7 heteroatoms. The van der Waals surface area contributed by atoms with Crippen LogP contribution in [0.2, 0.25) is 0 Å². The second-order valence-electron chi connectivity index (χ2n) is 8.13. The molecule has 0 amide bonds. The molecular formula is C20H21FN2O4. The van der Waals surface area contributed by atoms with Crippen LogP contribution in [-0.2, 0) is 16.0 Å². The molecule has 0 aromatic heterocycles. The number of rotatable bonds is 2. The highest BCUT2D eigenvalue weighted by molar-refractivity contribution is 6.14. The second kappa shape index (κ2) is 5.78. The van der Waals surface area contributed by atoms with Gasteiger partial charge in [-0.15, -0.1) is 0 Å². The highest BCUT2D eigenvalue weighted by atomic mass is 19.1. The fraction of sp³-hybridized carbons (Fsp3) is 0.550. The molecule has 0 bridgehead atoms. The van der Waals surface area contributed by atoms with Crippen LogP contribution in [0.15, 0.2) is 6.07 Å². The van der Waals surface area contributed by atoms with Gasteiger partial charge in [-0.05, 0) is 31.7 Å². The van der Waals surface area contributed by atoms with Gasteiger partial charge in [-0.1, -0.05) is 0 Å². The van der Waals surface area contributed by atoms with E-state index in [1.165, 1.54) is 6.07 Å². The van der Waals surface area contributed by atoms with Crippen LogP contribution < -0.4 is 9.80 Å². The standard InChI is InChI=1S/C20H21FN2O4/c21-16-8-14-17(23(10-3-4-10)9-15(19(14)25)20(26)27)13-7-12(24)6-11-2-1-5-22(11)18(13)16/h8,10-11,15H,1-7,9H2,(H,26,27). The average Bonchev–Trinajstić information content (AvgIpc) is 3.38. The monoisotopic (exact) mass is 372 g/mol. The van der Waals surface area contributed by atoms with Crippen molar-refractivity contribution in [2.45, 2.75) is 50.6 Å². The maximum atomic E-state index is 15.2. The van der Waals surface area contributed by atoms with E-state index in [9.17, 15) is 19.5 Å². The molecule has 0 spiro atoms. The zero-order valence-electron chi connectivity index (χ0n) is 14.9. The third-order valence-electron chi connectivity index (χ3n) is 6.36. The van der Waals surface area contributed by atoms with Gasteiger partial charge in [0.15, 0.2) is 5.78 Å². The van der Waals surface area contributed by atoms with Crippen molar-refractivity contribution in [3.8, 4) is 0 Å². The summed E-state index contributed by atoms with van der Waals surface area (Å²) >= 11 is 0. The van der Waals surface area contributed by atoms with E-state index < -0.39 is 23.5 Å². The molecule has 1 aromatic carbocycles. The summed E-state index contributed by atoms with van der Waals surface area (Å²) in [6, 6.07) is 1.40. The topological polar surface area (TPSA) is 77.9 Å². The van der Waals surface area contributed by atoms with Crippen molar-refractivity contribution in [2.24, 2.45) is 5.92 Å². The number of carbonyl (C=O) groups is 3. The Morgan fingerprint density at radius 1 is 1.11 bits per heavy atom. The lowest BCUT2D eigenvalue weighted by Gasteiger charge is -2.37. The lowest BCUT2D eigenvalue weighted by atomic mass is 9.86. The second-order valence-corrected chi connectivity index (χ2v) is 8.13. The molecule has 2 unspecified atom stereocenters. The Kier molecular flexibility index (Phi) is 3.58. The van der Waals surface area contributed by atoms with Crippen LogP contribution in [0.25, 0.3) is 0 Å². The first-order chi connectivity index (χ1) is 13.0. The van der Waals surface area contributed by atoms with E-state index >= 15 is 4.39 Å². The summed E-state index contributed by atoms with van der Waals surface area (Å²) in [5.74, 6) is -3.37. The Morgan fingerprint density at radius 3 is 2.59 bits per heavy atom. The molecule has 6 nitrogen and oxygen atoms in total. The van der Waals surface area contributed by atoms with Crippen molar-refractivity contribution in [1.82, 2.24) is 0 Å². The number of aliphatic carboxylic acids is 1. The van der Waals surface area contributed by atoms with Crippen LogP contribution in [0, 0.1) is 11.7 Å². The molecular weight excluding hydrogens is 351 g/mol. The van der Waals surface area contributed by atoms with E-state index in [1.807, 2.05) is 9.80 Å². The number of carboxylic acid groups (broad SMARTS) is 1. The molecule has 2 fully saturated rings. The van der Waals surface area contributed by atoms with Crippen LogP contribution in [0.5, 0.6) is 0 Å². The van der Waals surface area contributed by atoms with Gasteiger partial charge in [0.2, 0.25) is 0 Å². The highest BCUT2D eigenvalue weighted by Gasteiger charge is 2.46. The summed E-state index contributed by atoms with van der Waals surface area (Å²) < 4.78 is 15.2. The molecule has 142 valence electrons. The van der Waals surface area contributed by atoms with Gasteiger partial charge in [-0.25, -0.2) is 4.39 Å². The fourth-order valence-electron chi connectivity index (χ4n) is 5.02. The molecule has 27 heavy (non-hydrogen) atoms. The van der Waals surface area contributed by atoms with E-state index in [0.717, 1.165) is 25.7 Å². The molecule has 0 radical (unpaired) electrons. The quantitative estimate of drug-likeness (QED) is 0.802. The zero-order valence-corrected chi connectivity index (χ0v) is 14.9. The molecule has 1 aliphatic carbocycles. The smallest absolute Gasteiger partial charge is 0.316 e. The molecule has 4 aliphatic rings. The minimum absolute atomic E-state index is 0.0201. The average molecular weight is 372 g/mol. The van der Waals surface area contributed by atoms with E-state index in [4.69, 9.17) is 0 Å². The Hall–Kier alpha value is -2.44. The van der Waals surface area contributed by atoms with Crippen LogP contribution >= 0.6 is 0 Å². The number of halogens is 1. The number of carbonyl (C=O) groups excluding carboxylic acids is 2. The Balaban J connectivity index is 1.74. The van der Waals surface area contributed by atoms with Crippen molar-refractivity contribution in [1.29, 1.82) is 0 Å². The molecule has 3 heterocycles. The van der Waals surface area contributed by atoms with Gasteiger partial charge >= 0.3 is 5.97 Å². The molecule has 1 N–H and O–H groups in total. The zero-order chi connectivity index (χ0) is 18.9. The van der Waals surface area contributed by atoms with Gasteiger partial charge in [0.1, 0.15) is 17.5 Å². The fourth-order valence-corrected chi connectivity index (χ4v) is 5.02. The number of anilines is 2. The summed E-state index contributed by atoms with van der Waals surface area (Å²) in [7, 11) is 0. The van der Waals surface area contributed by atoms with Crippen molar-refractivity contribution >= 4 is 28.9 Å². The lowest BCUT2D eigenvalue weighted by Crippen LogP contribution is -2.45. The van der Waals surface area contributed by atoms with Crippen molar-refractivity contribution in [2.75, 3.05) is 22.9 Å². The predicted molar refractivity (Wildman–Crippen MR) is 95.9 cm³/mol. The molecule has 1 saturated heterocycles. The molecule has 5 rings (SSSR count). The highest BCUT2D eigenvalue weighted by Crippen LogP contribution is 2.47. The first-order valence-corrected chi connectivity index (χ1v) is 9.63. The van der Waals surface area contributed by atoms with Gasteiger partial charge in [0, 0.05) is 49.1 Å². The Morgan fingerprint density at radius 2 is 1.89 bits per heavy atom. The van der Waals surface area contributed by atoms with Crippen molar-refractivity contribution in [3.05, 3.63) is 23.0 Å². The number of Topliss-reactive ketones (excluding diaryl/α,β-unsaturated/α-hetero) is 2. The lowest BCUT2D eigenvalue weighted by molar-refractivity contribution is -0.139. The predicted octanol–water partition coefficient (Wildman–Crippen LogP) is 2.18. The molecule has 3 aliphatic heterocycles. The van der Waals surface area contributed by atoms with Gasteiger partial charge in [-0.2, -0.15) is 0 Å². The summed E-state index contributed by atoms with van der Waals surface area (Å²) in [6.45, 7) is 0.803. The Bertz CT molecular complexity index is 879. The molecule has 1 aromatic rings. The van der Waals surface area contributed by atoms with E-state index in [-0.39, 0.29) is 36.4 Å². The number of hydrogen-bond acceptors (Lipinski definition) is 5. The van der Waals surface area contributed by atoms with Crippen LogP contribution in [-0.4, -0.2) is 47.8 Å². The van der Waals surface area contributed by atoms with Gasteiger partial charge < -0.3 is 14.9 Å². The van der Waals surface area contributed by atoms with Crippen LogP contribution in [0.4, 0.5) is 15.8 Å². The summed E-state index contributed by atoms with van der Waals surface area (Å²) in [6.07, 6.45) is 4.14. The summed E-state index contributed by atoms with van der Waals surface area (Å²) in [4.78, 5) is 40.9. The Labute approximate surface area is 155 Å². The largest absolute Gasteiger partial charge is 0.481 e. The summed E-state index contributed by atoms with van der Waals surface area (Å²) in [5, 5.41) is 9.47. The van der Waals surface area contributed by atoms with Gasteiger partial charge in [-0.3, -0.25) is 14.4 Å². The van der Waals surface area contributed by atoms with Crippen LogP contribution in [0.3, 0.4) is 0 Å². The first kappa shape index (κ1) is 16.7. The third-order valence-corrected chi connectivity index (χ3v) is 6.36. The number of benzene rings is 1. The number of hydrogen-bond donors (Lipinski definition) is 1. The molecule has 2 atom stereocenters. The maximum Gasteiger partial charge on any atom is 0.316 e. The number of fused-ring (bicyclic) bond motifs is 5. The minimum atomic E-state index is -1.18. The van der Waals surface area contributed by atoms with Gasteiger partial charge in [0.25, 0.3) is 0 Å². The number of nitrogens with zero attached hydrogens (tertiary/aromatic N) is 2. The maximum absolute atomic E-state index is 15.2. The minimum Gasteiger partial charge on any atom is -0.481 e. The van der Waals surface area contributed by atoms with Crippen molar-refractivity contribution in [3.63, 3.8) is 0 Å². The van der Waals surface area contributed by atoms with Crippen molar-refractivity contribution < 1.29 is 23.9 Å². The first-order valence-electron chi connectivity index (χ1n) is 9.63.